The Morgan fingerprint density at radius 1 is 1.29 bits per heavy atom. The first-order chi connectivity index (χ1) is 13.2. The average Bonchev–Trinajstić information content (AvgIpc) is 3.26. The lowest BCUT2D eigenvalue weighted by molar-refractivity contribution is -0.144. The molecule has 0 aromatic carbocycles. The Bertz CT molecular complexity index is 1050. The van der Waals surface area contributed by atoms with E-state index in [9.17, 15) is 18.0 Å². The fourth-order valence-corrected chi connectivity index (χ4v) is 3.51. The molecular formula is C17H18F3N7O. The van der Waals surface area contributed by atoms with Gasteiger partial charge in [-0.15, -0.1) is 5.10 Å². The molecule has 0 saturated heterocycles. The largest absolute Gasteiger partial charge is 0.453 e. The number of carbonyl (C=O) groups excluding carboxylic acids is 1. The Kier molecular flexibility index (Phi) is 4.31. The summed E-state index contributed by atoms with van der Waals surface area (Å²) in [6.07, 6.45) is -1.50. The van der Waals surface area contributed by atoms with Crippen molar-refractivity contribution >= 4 is 11.7 Å². The molecule has 0 radical (unpaired) electrons. The lowest BCUT2D eigenvalue weighted by atomic mass is 10.0. The molecule has 4 heterocycles. The number of aromatic nitrogens is 6. The van der Waals surface area contributed by atoms with E-state index in [1.165, 1.54) is 0 Å². The van der Waals surface area contributed by atoms with Gasteiger partial charge in [-0.2, -0.15) is 23.3 Å². The molecule has 1 aliphatic heterocycles. The summed E-state index contributed by atoms with van der Waals surface area (Å²) in [5.41, 5.74) is 3.83. The van der Waals surface area contributed by atoms with Crippen LogP contribution in [-0.2, 0) is 30.4 Å². The predicted molar refractivity (Wildman–Crippen MR) is 91.3 cm³/mol. The van der Waals surface area contributed by atoms with Gasteiger partial charge >= 0.3 is 6.18 Å². The Balaban J connectivity index is 1.52. The zero-order valence-corrected chi connectivity index (χ0v) is 15.3. The number of aromatic amines is 1. The van der Waals surface area contributed by atoms with Gasteiger partial charge in [-0.3, -0.25) is 9.89 Å². The Morgan fingerprint density at radius 2 is 2.07 bits per heavy atom. The van der Waals surface area contributed by atoms with E-state index in [-0.39, 0.29) is 18.1 Å². The van der Waals surface area contributed by atoms with Gasteiger partial charge in [0.05, 0.1) is 18.4 Å². The summed E-state index contributed by atoms with van der Waals surface area (Å²) in [6.45, 7) is 4.47. The van der Waals surface area contributed by atoms with Gasteiger partial charge in [0, 0.05) is 24.4 Å². The molecular weight excluding hydrogens is 375 g/mol. The van der Waals surface area contributed by atoms with Crippen molar-refractivity contribution in [2.45, 2.75) is 45.8 Å². The lowest BCUT2D eigenvalue weighted by Gasteiger charge is -2.26. The molecule has 0 bridgehead atoms. The molecule has 1 aliphatic rings. The summed E-state index contributed by atoms with van der Waals surface area (Å²) in [5, 5.41) is 10.4. The number of hydrogen-bond acceptors (Lipinski definition) is 5. The number of halogens is 3. The SMILES string of the molecule is Cc1nc2nc(C(F)(F)F)nn2c(C)c1CCC(=O)N1CCc2cn[nH]c2C1. The minimum atomic E-state index is -4.63. The van der Waals surface area contributed by atoms with Crippen LogP contribution in [0.2, 0.25) is 0 Å². The zero-order valence-electron chi connectivity index (χ0n) is 15.3. The number of nitrogens with one attached hydrogen (secondary N) is 1. The molecule has 1 amide bonds. The van der Waals surface area contributed by atoms with Crippen LogP contribution < -0.4 is 0 Å². The highest BCUT2D eigenvalue weighted by Gasteiger charge is 2.37. The summed E-state index contributed by atoms with van der Waals surface area (Å²) in [4.78, 5) is 22.0. The number of nitrogens with zero attached hydrogens (tertiary/aromatic N) is 6. The molecule has 1 N–H and O–H groups in total. The zero-order chi connectivity index (χ0) is 20.1. The first kappa shape index (κ1) is 18.4. The molecule has 0 atom stereocenters. The monoisotopic (exact) mass is 393 g/mol. The fraction of sp³-hybridized carbons (Fsp3) is 0.471. The first-order valence-corrected chi connectivity index (χ1v) is 8.83. The van der Waals surface area contributed by atoms with Crippen LogP contribution >= 0.6 is 0 Å². The van der Waals surface area contributed by atoms with E-state index in [0.29, 0.717) is 36.5 Å². The number of fused-ring (bicyclic) bond motifs is 2. The van der Waals surface area contributed by atoms with Gasteiger partial charge in [0.2, 0.25) is 5.91 Å². The van der Waals surface area contributed by atoms with Crippen molar-refractivity contribution in [3.63, 3.8) is 0 Å². The molecule has 0 spiro atoms. The maximum absolute atomic E-state index is 12.9. The van der Waals surface area contributed by atoms with Crippen molar-refractivity contribution in [2.24, 2.45) is 0 Å². The molecule has 8 nitrogen and oxygen atoms in total. The van der Waals surface area contributed by atoms with Crippen LogP contribution in [0.5, 0.6) is 0 Å². The van der Waals surface area contributed by atoms with Gasteiger partial charge in [-0.1, -0.05) is 0 Å². The summed E-state index contributed by atoms with van der Waals surface area (Å²) in [5.74, 6) is -1.34. The van der Waals surface area contributed by atoms with E-state index >= 15 is 0 Å². The van der Waals surface area contributed by atoms with Crippen molar-refractivity contribution in [3.05, 3.63) is 40.2 Å². The summed E-state index contributed by atoms with van der Waals surface area (Å²) in [6, 6.07) is 0. The minimum Gasteiger partial charge on any atom is -0.336 e. The molecule has 148 valence electrons. The smallest absolute Gasteiger partial charge is 0.336 e. The maximum atomic E-state index is 12.9. The number of carbonyl (C=O) groups is 1. The number of alkyl halides is 3. The van der Waals surface area contributed by atoms with Crippen molar-refractivity contribution in [2.75, 3.05) is 6.54 Å². The van der Waals surface area contributed by atoms with Gasteiger partial charge in [0.15, 0.2) is 0 Å². The summed E-state index contributed by atoms with van der Waals surface area (Å²) in [7, 11) is 0. The van der Waals surface area contributed by atoms with Crippen LogP contribution in [0.15, 0.2) is 6.20 Å². The molecule has 0 unspecified atom stereocenters. The van der Waals surface area contributed by atoms with Crippen molar-refractivity contribution in [1.82, 2.24) is 34.7 Å². The number of aryl methyl sites for hydroxylation is 2. The first-order valence-electron chi connectivity index (χ1n) is 8.83. The number of hydrogen-bond donors (Lipinski definition) is 1. The number of amides is 1. The Morgan fingerprint density at radius 3 is 2.82 bits per heavy atom. The van der Waals surface area contributed by atoms with E-state index in [4.69, 9.17) is 0 Å². The molecule has 0 aliphatic carbocycles. The van der Waals surface area contributed by atoms with Crippen molar-refractivity contribution in [1.29, 1.82) is 0 Å². The predicted octanol–water partition coefficient (Wildman–Crippen LogP) is 2.00. The highest BCUT2D eigenvalue weighted by atomic mass is 19.4. The van der Waals surface area contributed by atoms with E-state index < -0.39 is 12.0 Å². The third kappa shape index (κ3) is 3.20. The Labute approximate surface area is 157 Å². The minimum absolute atomic E-state index is 0.0197. The van der Waals surface area contributed by atoms with Gasteiger partial charge in [-0.05, 0) is 37.8 Å². The number of rotatable bonds is 3. The lowest BCUT2D eigenvalue weighted by Crippen LogP contribution is -2.36. The third-order valence-corrected chi connectivity index (χ3v) is 5.05. The van der Waals surface area contributed by atoms with E-state index in [1.807, 2.05) is 0 Å². The molecule has 28 heavy (non-hydrogen) atoms. The molecule has 11 heteroatoms. The van der Waals surface area contributed by atoms with E-state index in [0.717, 1.165) is 22.2 Å². The molecule has 0 saturated carbocycles. The van der Waals surface area contributed by atoms with Gasteiger partial charge in [-0.25, -0.2) is 9.50 Å². The maximum Gasteiger partial charge on any atom is 0.453 e. The van der Waals surface area contributed by atoms with Gasteiger partial charge in [0.25, 0.3) is 11.6 Å². The normalized spacial score (nSPS) is 14.5. The standard InChI is InChI=1S/C17H18F3N7O/c1-9-12(10(2)27-16(22-9)23-15(25-27)17(18,19)20)3-4-14(28)26-6-5-11-7-21-24-13(11)8-26/h7H,3-6,8H2,1-2H3,(H,21,24). The van der Waals surface area contributed by atoms with Crippen LogP contribution in [0.3, 0.4) is 0 Å². The average molecular weight is 393 g/mol. The topological polar surface area (TPSA) is 92.1 Å². The van der Waals surface area contributed by atoms with Crippen molar-refractivity contribution in [3.8, 4) is 0 Å². The molecule has 3 aromatic heterocycles. The quantitative estimate of drug-likeness (QED) is 0.735. The van der Waals surface area contributed by atoms with E-state index in [2.05, 4.69) is 25.3 Å². The second-order valence-electron chi connectivity index (χ2n) is 6.85. The van der Waals surface area contributed by atoms with Crippen LogP contribution in [0, 0.1) is 13.8 Å². The van der Waals surface area contributed by atoms with Gasteiger partial charge in [0.1, 0.15) is 0 Å². The molecule has 0 fully saturated rings. The van der Waals surface area contributed by atoms with Gasteiger partial charge < -0.3 is 4.90 Å². The highest BCUT2D eigenvalue weighted by molar-refractivity contribution is 5.76. The van der Waals surface area contributed by atoms with Crippen molar-refractivity contribution < 1.29 is 18.0 Å². The van der Waals surface area contributed by atoms with Crippen LogP contribution in [0.25, 0.3) is 5.78 Å². The van der Waals surface area contributed by atoms with Crippen LogP contribution in [0.4, 0.5) is 13.2 Å². The third-order valence-electron chi connectivity index (χ3n) is 5.05. The summed E-state index contributed by atoms with van der Waals surface area (Å²) >= 11 is 0. The van der Waals surface area contributed by atoms with Crippen LogP contribution in [-0.4, -0.2) is 47.1 Å². The summed E-state index contributed by atoms with van der Waals surface area (Å²) < 4.78 is 39.7. The van der Waals surface area contributed by atoms with Crippen LogP contribution in [0.1, 0.15) is 40.5 Å². The van der Waals surface area contributed by atoms with E-state index in [1.54, 1.807) is 24.9 Å². The molecule has 3 aromatic rings. The number of H-pyrrole nitrogens is 1. The second kappa shape index (κ2) is 6.57. The fourth-order valence-electron chi connectivity index (χ4n) is 3.51. The second-order valence-corrected chi connectivity index (χ2v) is 6.85. The Hall–Kier alpha value is -2.98. The highest BCUT2D eigenvalue weighted by Crippen LogP contribution is 2.27. The molecule has 4 rings (SSSR count).